The molecule has 2 saturated heterocycles. The zero-order valence-electron chi connectivity index (χ0n) is 29.4. The third-order valence-corrected chi connectivity index (χ3v) is 11.7. The molecule has 2 heterocycles. The highest BCUT2D eigenvalue weighted by atomic mass is 16.3. The van der Waals surface area contributed by atoms with Gasteiger partial charge >= 0.3 is 0 Å². The van der Waals surface area contributed by atoms with Crippen LogP contribution in [0.5, 0.6) is 5.75 Å². The molecule has 0 radical (unpaired) electrons. The highest BCUT2D eigenvalue weighted by Crippen LogP contribution is 2.58. The molecule has 9 nitrogen and oxygen atoms in total. The van der Waals surface area contributed by atoms with E-state index in [1.807, 2.05) is 18.2 Å². The summed E-state index contributed by atoms with van der Waals surface area (Å²) < 4.78 is 0. The number of ketones is 2. The molecule has 2 aliphatic heterocycles. The Bertz CT molecular complexity index is 2420. The van der Waals surface area contributed by atoms with E-state index in [0.29, 0.717) is 33.6 Å². The molecule has 5 aromatic rings. The standard InChI is InChI=1S/C46H34N2O7/c49-33-21-15-26(16-22-33)38-34-23-24-35-39(45(54)47(43(35)52)31-17-11-29(12-18-31)41(50)27-7-3-1-4-8-27)36(34)25-37-40(38)46(55)48(44(37)53)32-19-13-30(14-20-32)42(51)28-9-5-2-6-10-28/h1-23,35-40,49H,24-25H2. The van der Waals surface area contributed by atoms with E-state index in [4.69, 9.17) is 0 Å². The SMILES string of the molecule is O=C(c1ccccc1)c1ccc(N2C(=O)C3CC=C4C(CC5C(=O)N(c6ccc(C(=O)c7ccccc7)cc6)C(=O)C5C4c4ccc(O)cc4)C3C2=O)cc1. The third kappa shape index (κ3) is 5.53. The lowest BCUT2D eigenvalue weighted by molar-refractivity contribution is -0.126. The molecule has 4 aliphatic rings. The number of aromatic hydroxyl groups is 1. The van der Waals surface area contributed by atoms with Crippen LogP contribution in [0.2, 0.25) is 0 Å². The Morgan fingerprint density at radius 2 is 0.945 bits per heavy atom. The second kappa shape index (κ2) is 13.3. The molecule has 1 N–H and O–H groups in total. The van der Waals surface area contributed by atoms with Crippen molar-refractivity contribution in [3.8, 4) is 5.75 Å². The number of phenols is 1. The van der Waals surface area contributed by atoms with Crippen LogP contribution < -0.4 is 9.80 Å². The Labute approximate surface area is 316 Å². The summed E-state index contributed by atoms with van der Waals surface area (Å²) in [6.07, 6.45) is 2.46. The predicted molar refractivity (Wildman–Crippen MR) is 203 cm³/mol. The Morgan fingerprint density at radius 1 is 0.491 bits per heavy atom. The molecular formula is C46H34N2O7. The molecule has 6 unspecified atom stereocenters. The number of anilines is 2. The molecule has 5 aromatic carbocycles. The molecule has 270 valence electrons. The summed E-state index contributed by atoms with van der Waals surface area (Å²) >= 11 is 0. The molecule has 1 saturated carbocycles. The molecule has 4 amide bonds. The molecule has 0 spiro atoms. The molecule has 55 heavy (non-hydrogen) atoms. The van der Waals surface area contributed by atoms with Gasteiger partial charge in [-0.15, -0.1) is 0 Å². The lowest BCUT2D eigenvalue weighted by Crippen LogP contribution is -2.43. The topological polar surface area (TPSA) is 129 Å². The van der Waals surface area contributed by atoms with E-state index < -0.39 is 41.4 Å². The Kier molecular flexibility index (Phi) is 8.22. The second-order valence-electron chi connectivity index (χ2n) is 14.6. The number of benzene rings is 5. The van der Waals surface area contributed by atoms with Crippen molar-refractivity contribution in [3.63, 3.8) is 0 Å². The highest BCUT2D eigenvalue weighted by molar-refractivity contribution is 6.24. The highest BCUT2D eigenvalue weighted by Gasteiger charge is 2.62. The summed E-state index contributed by atoms with van der Waals surface area (Å²) in [6.45, 7) is 0. The molecule has 0 aromatic heterocycles. The van der Waals surface area contributed by atoms with Crippen molar-refractivity contribution >= 4 is 46.6 Å². The number of hydrogen-bond acceptors (Lipinski definition) is 7. The number of nitrogens with zero attached hydrogens (tertiary/aromatic N) is 2. The number of fused-ring (bicyclic) bond motifs is 4. The van der Waals surface area contributed by atoms with Crippen LogP contribution >= 0.6 is 0 Å². The van der Waals surface area contributed by atoms with Crippen LogP contribution in [0, 0.1) is 29.6 Å². The number of carbonyl (C=O) groups is 6. The number of hydrogen-bond donors (Lipinski definition) is 1. The van der Waals surface area contributed by atoms with Gasteiger partial charge in [0.1, 0.15) is 5.75 Å². The lowest BCUT2D eigenvalue weighted by Gasteiger charge is -2.44. The largest absolute Gasteiger partial charge is 0.508 e. The van der Waals surface area contributed by atoms with E-state index in [2.05, 4.69) is 0 Å². The fourth-order valence-electron chi connectivity index (χ4n) is 9.19. The van der Waals surface area contributed by atoms with E-state index >= 15 is 0 Å². The number of imide groups is 2. The first-order valence-electron chi connectivity index (χ1n) is 18.4. The Balaban J connectivity index is 1.04. The van der Waals surface area contributed by atoms with Gasteiger partial charge in [0.05, 0.1) is 35.0 Å². The Hall–Kier alpha value is -6.74. The third-order valence-electron chi connectivity index (χ3n) is 11.7. The lowest BCUT2D eigenvalue weighted by atomic mass is 9.57. The monoisotopic (exact) mass is 726 g/mol. The number of rotatable bonds is 7. The molecule has 3 fully saturated rings. The molecular weight excluding hydrogens is 693 g/mol. The number of amides is 4. The maximum Gasteiger partial charge on any atom is 0.238 e. The van der Waals surface area contributed by atoms with Gasteiger partial charge in [-0.2, -0.15) is 0 Å². The molecule has 9 heteroatoms. The first kappa shape index (κ1) is 34.1. The maximum absolute atomic E-state index is 14.5. The van der Waals surface area contributed by atoms with E-state index in [0.717, 1.165) is 11.1 Å². The van der Waals surface area contributed by atoms with Crippen molar-refractivity contribution in [2.45, 2.75) is 18.8 Å². The van der Waals surface area contributed by atoms with Crippen LogP contribution in [0.4, 0.5) is 11.4 Å². The van der Waals surface area contributed by atoms with E-state index in [1.165, 1.54) is 9.80 Å². The van der Waals surface area contributed by atoms with Gasteiger partial charge in [-0.05, 0) is 85.0 Å². The molecule has 2 aliphatic carbocycles. The van der Waals surface area contributed by atoms with Crippen molar-refractivity contribution in [2.24, 2.45) is 29.6 Å². The van der Waals surface area contributed by atoms with Crippen molar-refractivity contribution in [1.29, 1.82) is 0 Å². The predicted octanol–water partition coefficient (Wildman–Crippen LogP) is 6.90. The van der Waals surface area contributed by atoms with E-state index in [9.17, 15) is 33.9 Å². The van der Waals surface area contributed by atoms with Crippen molar-refractivity contribution < 1.29 is 33.9 Å². The fourth-order valence-corrected chi connectivity index (χ4v) is 9.19. The van der Waals surface area contributed by atoms with Crippen LogP contribution in [-0.4, -0.2) is 40.3 Å². The van der Waals surface area contributed by atoms with Gasteiger partial charge in [0, 0.05) is 28.2 Å². The van der Waals surface area contributed by atoms with Crippen LogP contribution in [0.15, 0.2) is 145 Å². The van der Waals surface area contributed by atoms with Crippen LogP contribution in [-0.2, 0) is 19.2 Å². The Morgan fingerprint density at radius 3 is 1.45 bits per heavy atom. The van der Waals surface area contributed by atoms with Crippen LogP contribution in [0.25, 0.3) is 0 Å². The van der Waals surface area contributed by atoms with Crippen molar-refractivity contribution in [1.82, 2.24) is 0 Å². The van der Waals surface area contributed by atoms with Gasteiger partial charge in [-0.3, -0.25) is 38.6 Å². The van der Waals surface area contributed by atoms with Crippen LogP contribution in [0.1, 0.15) is 56.2 Å². The van der Waals surface area contributed by atoms with Crippen molar-refractivity contribution in [2.75, 3.05) is 9.80 Å². The quantitative estimate of drug-likeness (QED) is 0.110. The maximum atomic E-state index is 14.5. The zero-order chi connectivity index (χ0) is 38.0. The van der Waals surface area contributed by atoms with Gasteiger partial charge < -0.3 is 5.11 Å². The summed E-state index contributed by atoms with van der Waals surface area (Å²) in [5.74, 6) is -5.82. The van der Waals surface area contributed by atoms with Gasteiger partial charge in [-0.25, -0.2) is 0 Å². The van der Waals surface area contributed by atoms with Gasteiger partial charge in [-0.1, -0.05) is 84.4 Å². The summed E-state index contributed by atoms with van der Waals surface area (Å²) in [5.41, 5.74) is 4.18. The summed E-state index contributed by atoms with van der Waals surface area (Å²) in [6, 6.07) is 37.2. The normalized spacial score (nSPS) is 24.3. The number of allylic oxidation sites excluding steroid dienone is 2. The molecule has 9 rings (SSSR count). The van der Waals surface area contributed by atoms with E-state index in [-0.39, 0.29) is 47.9 Å². The minimum absolute atomic E-state index is 0.0506. The summed E-state index contributed by atoms with van der Waals surface area (Å²) in [7, 11) is 0. The fraction of sp³-hybridized carbons (Fsp3) is 0.174. The summed E-state index contributed by atoms with van der Waals surface area (Å²) in [5, 5.41) is 10.1. The zero-order valence-corrected chi connectivity index (χ0v) is 29.4. The second-order valence-corrected chi connectivity index (χ2v) is 14.6. The van der Waals surface area contributed by atoms with Gasteiger partial charge in [0.25, 0.3) is 0 Å². The minimum atomic E-state index is -0.780. The number of phenolic OH excluding ortho intramolecular Hbond substituents is 1. The van der Waals surface area contributed by atoms with Gasteiger partial charge in [0.15, 0.2) is 11.6 Å². The average Bonchev–Trinajstić information content (AvgIpc) is 3.64. The molecule has 0 bridgehead atoms. The smallest absolute Gasteiger partial charge is 0.238 e. The van der Waals surface area contributed by atoms with Crippen molar-refractivity contribution in [3.05, 3.63) is 173 Å². The first-order valence-corrected chi connectivity index (χ1v) is 18.4. The van der Waals surface area contributed by atoms with E-state index in [1.54, 1.807) is 121 Å². The van der Waals surface area contributed by atoms with Gasteiger partial charge in [0.2, 0.25) is 23.6 Å². The average molecular weight is 727 g/mol. The molecule has 6 atom stereocenters. The number of carbonyl (C=O) groups excluding carboxylic acids is 6. The first-order chi connectivity index (χ1) is 26.7. The van der Waals surface area contributed by atoms with Crippen LogP contribution in [0.3, 0.4) is 0 Å². The summed E-state index contributed by atoms with van der Waals surface area (Å²) in [4.78, 5) is 85.9. The minimum Gasteiger partial charge on any atom is -0.508 e.